The molecule has 1 amide bonds. The van der Waals surface area contributed by atoms with Crippen molar-refractivity contribution in [3.05, 3.63) is 27.2 Å². The molecule has 2 rings (SSSR count). The van der Waals surface area contributed by atoms with Crippen LogP contribution in [-0.4, -0.2) is 20.4 Å². The normalized spacial score (nSPS) is 21.1. The number of carbonyl (C=O) groups is 1. The molecule has 5 nitrogen and oxygen atoms in total. The molecule has 1 aliphatic rings. The first-order chi connectivity index (χ1) is 9.74. The lowest BCUT2D eigenvalue weighted by Gasteiger charge is -2.10. The first-order valence-electron chi connectivity index (χ1n) is 6.56. The van der Waals surface area contributed by atoms with Crippen LogP contribution in [0, 0.1) is 5.92 Å². The lowest BCUT2D eigenvalue weighted by atomic mass is 10.2. The van der Waals surface area contributed by atoms with E-state index in [9.17, 15) is 13.2 Å². The molecule has 0 heterocycles. The first kappa shape index (κ1) is 16.7. The summed E-state index contributed by atoms with van der Waals surface area (Å²) in [6.45, 7) is 2.10. The average Bonchev–Trinajstić information content (AvgIpc) is 3.08. The number of amides is 1. The second-order valence-electron chi connectivity index (χ2n) is 5.17. The Balaban J connectivity index is 2.24. The van der Waals surface area contributed by atoms with Crippen molar-refractivity contribution < 1.29 is 13.2 Å². The Bertz CT molecular complexity index is 678. The van der Waals surface area contributed by atoms with E-state index in [-0.39, 0.29) is 27.4 Å². The molecule has 0 saturated heterocycles. The van der Waals surface area contributed by atoms with Crippen molar-refractivity contribution in [2.75, 3.05) is 0 Å². The van der Waals surface area contributed by atoms with Crippen LogP contribution in [0.5, 0.6) is 0 Å². The largest absolute Gasteiger partial charge is 0.349 e. The third kappa shape index (κ3) is 3.97. The van der Waals surface area contributed by atoms with Gasteiger partial charge in [0.05, 0.1) is 10.6 Å². The topological polar surface area (TPSA) is 89.3 Å². The van der Waals surface area contributed by atoms with Gasteiger partial charge >= 0.3 is 0 Å². The molecule has 1 fully saturated rings. The van der Waals surface area contributed by atoms with Gasteiger partial charge in [0.1, 0.15) is 4.90 Å². The number of sulfonamides is 1. The van der Waals surface area contributed by atoms with Crippen molar-refractivity contribution in [1.82, 2.24) is 5.32 Å². The summed E-state index contributed by atoms with van der Waals surface area (Å²) >= 11 is 9.19. The number of nitrogens with one attached hydrogen (secondary N) is 1. The SMILES string of the molecule is CCCC1CC1NC(=O)c1cc(Br)cc(S(N)(=O)=O)c1Cl. The molecule has 1 aromatic carbocycles. The molecule has 0 aliphatic heterocycles. The van der Waals surface area contributed by atoms with Crippen LogP contribution >= 0.6 is 27.5 Å². The second kappa shape index (κ2) is 6.24. The Labute approximate surface area is 137 Å². The molecule has 2 atom stereocenters. The van der Waals surface area contributed by atoms with Gasteiger partial charge in [0.15, 0.2) is 0 Å². The third-order valence-corrected chi connectivity index (χ3v) is 5.37. The number of hydrogen-bond acceptors (Lipinski definition) is 3. The summed E-state index contributed by atoms with van der Waals surface area (Å²) in [7, 11) is -3.99. The summed E-state index contributed by atoms with van der Waals surface area (Å²) < 4.78 is 23.4. The second-order valence-corrected chi connectivity index (χ2v) is 8.00. The summed E-state index contributed by atoms with van der Waals surface area (Å²) in [4.78, 5) is 12.0. The van der Waals surface area contributed by atoms with E-state index in [1.807, 2.05) is 0 Å². The van der Waals surface area contributed by atoms with E-state index in [0.717, 1.165) is 19.3 Å². The lowest BCUT2D eigenvalue weighted by Crippen LogP contribution is -2.27. The molecule has 116 valence electrons. The van der Waals surface area contributed by atoms with Gasteiger partial charge in [-0.15, -0.1) is 0 Å². The minimum absolute atomic E-state index is 0.109. The predicted octanol–water partition coefficient (Wildman–Crippen LogP) is 2.67. The molecular formula is C13H16BrClN2O3S. The highest BCUT2D eigenvalue weighted by Gasteiger charge is 2.37. The van der Waals surface area contributed by atoms with E-state index in [4.69, 9.17) is 16.7 Å². The van der Waals surface area contributed by atoms with Crippen molar-refractivity contribution in [2.24, 2.45) is 11.1 Å². The Morgan fingerprint density at radius 3 is 2.76 bits per heavy atom. The van der Waals surface area contributed by atoms with Crippen molar-refractivity contribution in [1.29, 1.82) is 0 Å². The number of benzene rings is 1. The molecule has 0 bridgehead atoms. The Kier molecular flexibility index (Phi) is 4.97. The van der Waals surface area contributed by atoms with E-state index in [1.165, 1.54) is 12.1 Å². The summed E-state index contributed by atoms with van der Waals surface area (Å²) in [5, 5.41) is 7.83. The number of hydrogen-bond donors (Lipinski definition) is 2. The number of rotatable bonds is 5. The van der Waals surface area contributed by atoms with Crippen LogP contribution in [0.25, 0.3) is 0 Å². The molecule has 0 spiro atoms. The smallest absolute Gasteiger partial charge is 0.253 e. The van der Waals surface area contributed by atoms with Gasteiger partial charge in [-0.2, -0.15) is 0 Å². The summed E-state index contributed by atoms with van der Waals surface area (Å²) in [6.07, 6.45) is 3.09. The maximum atomic E-state index is 12.2. The van der Waals surface area contributed by atoms with Crippen LogP contribution in [0.4, 0.5) is 0 Å². The number of nitrogens with two attached hydrogens (primary N) is 1. The van der Waals surface area contributed by atoms with Crippen LogP contribution in [0.3, 0.4) is 0 Å². The fraction of sp³-hybridized carbons (Fsp3) is 0.462. The van der Waals surface area contributed by atoms with Gasteiger partial charge in [-0.3, -0.25) is 4.79 Å². The van der Waals surface area contributed by atoms with E-state index < -0.39 is 10.0 Å². The number of primary sulfonamides is 1. The zero-order chi connectivity index (χ0) is 15.8. The lowest BCUT2D eigenvalue weighted by molar-refractivity contribution is 0.0948. The van der Waals surface area contributed by atoms with Gasteiger partial charge in [0.2, 0.25) is 10.0 Å². The van der Waals surface area contributed by atoms with Crippen molar-refractivity contribution in [2.45, 2.75) is 37.1 Å². The highest BCUT2D eigenvalue weighted by molar-refractivity contribution is 9.10. The van der Waals surface area contributed by atoms with Crippen LogP contribution < -0.4 is 10.5 Å². The third-order valence-electron chi connectivity index (χ3n) is 3.45. The molecule has 1 aliphatic carbocycles. The number of carbonyl (C=O) groups excluding carboxylic acids is 1. The van der Waals surface area contributed by atoms with Crippen LogP contribution in [0.1, 0.15) is 36.5 Å². The highest BCUT2D eigenvalue weighted by Crippen LogP contribution is 2.35. The molecule has 21 heavy (non-hydrogen) atoms. The van der Waals surface area contributed by atoms with Crippen LogP contribution in [-0.2, 0) is 10.0 Å². The Hall–Kier alpha value is -0.630. The molecule has 8 heteroatoms. The van der Waals surface area contributed by atoms with Crippen LogP contribution in [0.15, 0.2) is 21.5 Å². The summed E-state index contributed by atoms with van der Waals surface area (Å²) in [5.74, 6) is 0.123. The van der Waals surface area contributed by atoms with E-state index in [0.29, 0.717) is 10.4 Å². The van der Waals surface area contributed by atoms with E-state index in [2.05, 4.69) is 28.2 Å². The van der Waals surface area contributed by atoms with Gasteiger partial charge in [0, 0.05) is 10.5 Å². The van der Waals surface area contributed by atoms with Crippen molar-refractivity contribution in [3.63, 3.8) is 0 Å². The minimum atomic E-state index is -3.99. The predicted molar refractivity (Wildman–Crippen MR) is 84.8 cm³/mol. The molecule has 3 N–H and O–H groups in total. The van der Waals surface area contributed by atoms with E-state index >= 15 is 0 Å². The molecule has 1 aromatic rings. The van der Waals surface area contributed by atoms with Crippen molar-refractivity contribution in [3.8, 4) is 0 Å². The molecule has 2 unspecified atom stereocenters. The van der Waals surface area contributed by atoms with Crippen molar-refractivity contribution >= 4 is 43.5 Å². The standard InChI is InChI=1S/C13H16BrClN2O3S/c1-2-3-7-4-10(7)17-13(18)9-5-8(14)6-11(12(9)15)21(16,19)20/h5-7,10H,2-4H2,1H3,(H,17,18)(H2,16,19,20). The highest BCUT2D eigenvalue weighted by atomic mass is 79.9. The Morgan fingerprint density at radius 1 is 1.52 bits per heavy atom. The van der Waals surface area contributed by atoms with Gasteiger partial charge in [-0.1, -0.05) is 40.9 Å². The van der Waals surface area contributed by atoms with Gasteiger partial charge in [-0.25, -0.2) is 13.6 Å². The molecule has 0 radical (unpaired) electrons. The zero-order valence-corrected chi connectivity index (χ0v) is 14.6. The fourth-order valence-corrected chi connectivity index (χ4v) is 4.07. The monoisotopic (exact) mass is 394 g/mol. The fourth-order valence-electron chi connectivity index (χ4n) is 2.30. The Morgan fingerprint density at radius 2 is 2.19 bits per heavy atom. The molecular weight excluding hydrogens is 380 g/mol. The maximum Gasteiger partial charge on any atom is 0.253 e. The van der Waals surface area contributed by atoms with Gasteiger partial charge < -0.3 is 5.32 Å². The molecule has 0 aromatic heterocycles. The average molecular weight is 396 g/mol. The minimum Gasteiger partial charge on any atom is -0.349 e. The quantitative estimate of drug-likeness (QED) is 0.803. The zero-order valence-electron chi connectivity index (χ0n) is 11.4. The van der Waals surface area contributed by atoms with E-state index in [1.54, 1.807) is 0 Å². The maximum absolute atomic E-state index is 12.2. The summed E-state index contributed by atoms with van der Waals surface area (Å²) in [5.41, 5.74) is 0.109. The molecule has 1 saturated carbocycles. The summed E-state index contributed by atoms with van der Waals surface area (Å²) in [6, 6.07) is 2.92. The number of halogens is 2. The van der Waals surface area contributed by atoms with Gasteiger partial charge in [-0.05, 0) is 30.9 Å². The first-order valence-corrected chi connectivity index (χ1v) is 9.28. The van der Waals surface area contributed by atoms with Crippen LogP contribution in [0.2, 0.25) is 5.02 Å². The van der Waals surface area contributed by atoms with Gasteiger partial charge in [0.25, 0.3) is 5.91 Å².